The fourth-order valence-electron chi connectivity index (χ4n) is 8.59. The zero-order valence-corrected chi connectivity index (χ0v) is 25.6. The van der Waals surface area contributed by atoms with Crippen molar-refractivity contribution in [1.29, 1.82) is 0 Å². The van der Waals surface area contributed by atoms with Crippen LogP contribution in [0.5, 0.6) is 0 Å². The Bertz CT molecular complexity index is 1280. The Labute approximate surface area is 248 Å². The van der Waals surface area contributed by atoms with E-state index in [1.807, 2.05) is 32.9 Å². The van der Waals surface area contributed by atoms with Crippen LogP contribution in [-0.2, 0) is 19.1 Å². The number of amides is 3. The molecule has 2 saturated heterocycles. The van der Waals surface area contributed by atoms with Crippen molar-refractivity contribution in [2.24, 2.45) is 16.2 Å². The zero-order valence-electron chi connectivity index (χ0n) is 25.6. The average molecular weight is 580 g/mol. The molecule has 228 valence electrons. The predicted octanol–water partition coefficient (Wildman–Crippen LogP) is 4.96. The number of hydrogen-bond acceptors (Lipinski definition) is 5. The number of carboxylic acid groups (broad SMARTS) is 1. The smallest absolute Gasteiger partial charge is 0.410 e. The Kier molecular flexibility index (Phi) is 6.70. The second kappa shape index (κ2) is 9.71. The first-order valence-electron chi connectivity index (χ1n) is 15.6. The van der Waals surface area contributed by atoms with Crippen molar-refractivity contribution in [3.63, 3.8) is 0 Å². The number of nitrogens with zero attached hydrogens (tertiary/aromatic N) is 3. The van der Waals surface area contributed by atoms with Gasteiger partial charge in [0.25, 0.3) is 0 Å². The molecule has 2 heterocycles. The summed E-state index contributed by atoms with van der Waals surface area (Å²) in [4.78, 5) is 57.5. The summed E-state index contributed by atoms with van der Waals surface area (Å²) in [5.41, 5.74) is 0.546. The van der Waals surface area contributed by atoms with E-state index in [9.17, 15) is 24.3 Å². The number of hydrogen-bond donors (Lipinski definition) is 1. The fraction of sp³-hybridized carbons (Fsp3) is 0.697. The first-order valence-corrected chi connectivity index (χ1v) is 15.6. The predicted molar refractivity (Wildman–Crippen MR) is 156 cm³/mol. The highest BCUT2D eigenvalue weighted by molar-refractivity contribution is 5.95. The minimum Gasteiger partial charge on any atom is -0.481 e. The third-order valence-electron chi connectivity index (χ3n) is 10.8. The van der Waals surface area contributed by atoms with Crippen LogP contribution in [0.25, 0.3) is 0 Å². The second-order valence-electron chi connectivity index (χ2n) is 15.2. The van der Waals surface area contributed by atoms with Crippen molar-refractivity contribution in [3.8, 4) is 0 Å². The van der Waals surface area contributed by atoms with Gasteiger partial charge < -0.3 is 24.5 Å². The van der Waals surface area contributed by atoms with E-state index in [1.54, 1.807) is 9.80 Å². The number of piperazine rings is 1. The summed E-state index contributed by atoms with van der Waals surface area (Å²) >= 11 is 0. The number of ether oxygens (including phenoxy) is 1. The lowest BCUT2D eigenvalue weighted by Gasteiger charge is -2.67. The van der Waals surface area contributed by atoms with E-state index in [4.69, 9.17) is 4.74 Å². The Morgan fingerprint density at radius 3 is 2.17 bits per heavy atom. The monoisotopic (exact) mass is 579 g/mol. The van der Waals surface area contributed by atoms with Crippen LogP contribution >= 0.6 is 0 Å². The third-order valence-corrected chi connectivity index (χ3v) is 10.8. The molecule has 2 aliphatic heterocycles. The van der Waals surface area contributed by atoms with Crippen molar-refractivity contribution >= 4 is 23.9 Å². The van der Waals surface area contributed by atoms with E-state index in [2.05, 4.69) is 30.9 Å². The van der Waals surface area contributed by atoms with Crippen LogP contribution in [0.15, 0.2) is 24.3 Å². The number of piperidine rings is 1. The number of carboxylic acids is 1. The molecule has 0 radical (unpaired) electrons. The van der Waals surface area contributed by atoms with Gasteiger partial charge in [-0.2, -0.15) is 0 Å². The van der Waals surface area contributed by atoms with E-state index in [0.29, 0.717) is 38.9 Å². The molecule has 1 aromatic carbocycles. The van der Waals surface area contributed by atoms with E-state index >= 15 is 0 Å². The summed E-state index contributed by atoms with van der Waals surface area (Å²) in [6.07, 6.45) is 4.52. The van der Waals surface area contributed by atoms with Crippen LogP contribution in [0.1, 0.15) is 103 Å². The lowest BCUT2D eigenvalue weighted by molar-refractivity contribution is -0.228. The standard InChI is InChI=1S/C33H45N3O6/c1-21(2)23-8-6-7-9-24(23)25-16-35(27(38)32-18-33(19-32,20-32)28(39)40)17-26(37)36(25)22-14-31(15-22)10-12-34(13-11-31)29(41)42-30(3,4)5/h6-9,21-22,25H,10-20H2,1-5H3,(H,39,40). The van der Waals surface area contributed by atoms with Crippen LogP contribution in [0.2, 0.25) is 0 Å². The minimum absolute atomic E-state index is 0.0243. The van der Waals surface area contributed by atoms with Gasteiger partial charge in [-0.25, -0.2) is 4.79 Å². The van der Waals surface area contributed by atoms with Crippen LogP contribution in [-0.4, -0.2) is 81.5 Å². The molecule has 6 fully saturated rings. The minimum atomic E-state index is -0.808. The number of carbonyl (C=O) groups is 4. The van der Waals surface area contributed by atoms with Crippen LogP contribution in [0.4, 0.5) is 4.79 Å². The number of benzene rings is 1. The molecule has 4 aliphatic carbocycles. The summed E-state index contributed by atoms with van der Waals surface area (Å²) in [7, 11) is 0. The van der Waals surface area contributed by atoms with Gasteiger partial charge >= 0.3 is 12.1 Å². The molecule has 9 nitrogen and oxygen atoms in total. The summed E-state index contributed by atoms with van der Waals surface area (Å²) in [6, 6.07) is 8.12. The van der Waals surface area contributed by atoms with E-state index in [-0.39, 0.29) is 47.9 Å². The maximum atomic E-state index is 13.9. The first-order chi connectivity index (χ1) is 19.7. The van der Waals surface area contributed by atoms with Crippen LogP contribution in [0, 0.1) is 16.2 Å². The summed E-state index contributed by atoms with van der Waals surface area (Å²) in [5.74, 6) is -0.617. The highest BCUT2D eigenvalue weighted by Gasteiger charge is 2.76. The molecule has 4 saturated carbocycles. The quantitative estimate of drug-likeness (QED) is 0.529. The van der Waals surface area contributed by atoms with E-state index < -0.39 is 22.4 Å². The SMILES string of the molecule is CC(C)c1ccccc1C1CN(C(=O)C23CC(C(=O)O)(C2)C3)CC(=O)N1C1CC2(CCN(C(=O)OC(C)(C)C)CC2)C1. The van der Waals surface area contributed by atoms with Crippen molar-refractivity contribution in [2.45, 2.75) is 103 Å². The van der Waals surface area contributed by atoms with Gasteiger partial charge in [0, 0.05) is 25.7 Å². The van der Waals surface area contributed by atoms with Crippen molar-refractivity contribution < 1.29 is 29.0 Å². The maximum absolute atomic E-state index is 13.9. The van der Waals surface area contributed by atoms with Gasteiger partial charge in [-0.1, -0.05) is 38.1 Å². The fourth-order valence-corrected chi connectivity index (χ4v) is 8.59. The largest absolute Gasteiger partial charge is 0.481 e. The topological polar surface area (TPSA) is 107 Å². The molecule has 3 amide bonds. The lowest BCUT2D eigenvalue weighted by atomic mass is 9.34. The number of aliphatic carboxylic acids is 1. The van der Waals surface area contributed by atoms with Crippen LogP contribution < -0.4 is 0 Å². The van der Waals surface area contributed by atoms with Gasteiger partial charge in [-0.05, 0) is 88.2 Å². The van der Waals surface area contributed by atoms with E-state index in [1.165, 1.54) is 5.56 Å². The van der Waals surface area contributed by atoms with Crippen LogP contribution in [0.3, 0.4) is 0 Å². The highest BCUT2D eigenvalue weighted by atomic mass is 16.6. The average Bonchev–Trinajstić information content (AvgIpc) is 2.84. The molecule has 7 rings (SSSR count). The number of rotatable bonds is 5. The van der Waals surface area contributed by atoms with Crippen molar-refractivity contribution in [1.82, 2.24) is 14.7 Å². The number of likely N-dealkylation sites (tertiary alicyclic amines) is 1. The Morgan fingerprint density at radius 1 is 0.976 bits per heavy atom. The van der Waals surface area contributed by atoms with Gasteiger partial charge in [0.15, 0.2) is 0 Å². The van der Waals surface area contributed by atoms with Gasteiger partial charge in [-0.15, -0.1) is 0 Å². The molecule has 1 spiro atoms. The highest BCUT2D eigenvalue weighted by Crippen LogP contribution is 2.74. The Hall–Kier alpha value is -3.10. The normalized spacial score (nSPS) is 30.5. The molecule has 1 atom stereocenters. The van der Waals surface area contributed by atoms with E-state index in [0.717, 1.165) is 31.2 Å². The molecule has 1 unspecified atom stereocenters. The summed E-state index contributed by atoms with van der Waals surface area (Å²) in [5, 5.41) is 9.56. The van der Waals surface area contributed by atoms with Gasteiger partial charge in [-0.3, -0.25) is 14.4 Å². The number of carbonyl (C=O) groups excluding carboxylic acids is 3. The zero-order chi connectivity index (χ0) is 30.2. The summed E-state index contributed by atoms with van der Waals surface area (Å²) < 4.78 is 5.58. The van der Waals surface area contributed by atoms with Crippen molar-refractivity contribution in [2.75, 3.05) is 26.2 Å². The molecule has 2 bridgehead atoms. The van der Waals surface area contributed by atoms with Gasteiger partial charge in [0.05, 0.1) is 23.4 Å². The molecule has 1 aromatic rings. The second-order valence-corrected chi connectivity index (χ2v) is 15.2. The molecule has 6 aliphatic rings. The molecular formula is C33H45N3O6. The Balaban J connectivity index is 1.18. The molecule has 9 heteroatoms. The molecule has 42 heavy (non-hydrogen) atoms. The first kappa shape index (κ1) is 29.0. The Morgan fingerprint density at radius 2 is 1.60 bits per heavy atom. The van der Waals surface area contributed by atoms with Gasteiger partial charge in [0.1, 0.15) is 5.60 Å². The molecule has 1 N–H and O–H groups in total. The van der Waals surface area contributed by atoms with Gasteiger partial charge in [0.2, 0.25) is 11.8 Å². The summed E-state index contributed by atoms with van der Waals surface area (Å²) in [6.45, 7) is 11.8. The maximum Gasteiger partial charge on any atom is 0.410 e. The molecular weight excluding hydrogens is 534 g/mol. The van der Waals surface area contributed by atoms with Crippen molar-refractivity contribution in [3.05, 3.63) is 35.4 Å². The molecule has 0 aromatic heterocycles. The lowest BCUT2D eigenvalue weighted by Crippen LogP contribution is -2.72. The third kappa shape index (κ3) is 4.67.